The number of aromatic nitrogens is 2. The van der Waals surface area contributed by atoms with Crippen LogP contribution in [-0.2, 0) is 27.3 Å². The van der Waals surface area contributed by atoms with E-state index in [-0.39, 0.29) is 18.0 Å². The van der Waals surface area contributed by atoms with Crippen LogP contribution in [0, 0.1) is 13.8 Å². The minimum absolute atomic E-state index is 0.332. The van der Waals surface area contributed by atoms with E-state index in [4.69, 9.17) is 4.74 Å². The number of amides is 1. The van der Waals surface area contributed by atoms with E-state index in [2.05, 4.69) is 10.4 Å². The fraction of sp³-hybridized carbons (Fsp3) is 0.333. The van der Waals surface area contributed by atoms with E-state index in [1.165, 1.54) is 18.3 Å². The molecule has 0 fully saturated rings. The first kappa shape index (κ1) is 20.7. The monoisotopic (exact) mass is 413 g/mol. The number of hydrogen-bond acceptors (Lipinski definition) is 6. The van der Waals surface area contributed by atoms with Gasteiger partial charge in [0.15, 0.2) is 6.10 Å². The van der Waals surface area contributed by atoms with E-state index in [0.717, 1.165) is 25.4 Å². The predicted octanol–water partition coefficient (Wildman–Crippen LogP) is 2.37. The Kier molecular flexibility index (Phi) is 6.43. The van der Waals surface area contributed by atoms with E-state index >= 15 is 0 Å². The van der Waals surface area contributed by atoms with E-state index in [1.54, 1.807) is 6.20 Å². The number of ether oxygens (including phenoxy) is 1. The van der Waals surface area contributed by atoms with Gasteiger partial charge in [-0.05, 0) is 38.3 Å². The number of carbonyl (C=O) groups excluding carboxylic acids is 2. The Labute approximate surface area is 172 Å². The third kappa shape index (κ3) is 4.89. The number of nitrogens with one attached hydrogen (secondary N) is 1. The van der Waals surface area contributed by atoms with Crippen molar-refractivity contribution >= 4 is 33.3 Å². The van der Waals surface area contributed by atoms with Crippen LogP contribution >= 0.6 is 11.3 Å². The second kappa shape index (κ2) is 9.00. The second-order valence-electron chi connectivity index (χ2n) is 6.79. The third-order valence-corrected chi connectivity index (χ3v) is 5.83. The molecule has 0 aliphatic carbocycles. The van der Waals surface area contributed by atoms with Gasteiger partial charge in [-0.2, -0.15) is 5.10 Å². The molecule has 3 aromatic rings. The maximum atomic E-state index is 12.6. The van der Waals surface area contributed by atoms with Crippen LogP contribution in [-0.4, -0.2) is 34.3 Å². The van der Waals surface area contributed by atoms with Gasteiger partial charge in [0.2, 0.25) is 0 Å². The number of hydrogen-bond donors (Lipinski definition) is 1. The van der Waals surface area contributed by atoms with Crippen molar-refractivity contribution in [2.75, 3.05) is 6.54 Å². The standard InChI is InChI=1S/C21H23N3O4S/c1-13-15(3)29-17-11-23-24(21(27)19(13)17)12-18(25)28-14(2)20(26)22-10-9-16-7-5-4-6-8-16/h4-8,11,14H,9-10,12H2,1-3H3,(H,22,26)/t14-/m0/s1. The molecule has 152 valence electrons. The number of benzene rings is 1. The van der Waals surface area contributed by atoms with Crippen LogP contribution in [0.15, 0.2) is 41.3 Å². The summed E-state index contributed by atoms with van der Waals surface area (Å²) in [5, 5.41) is 7.37. The molecule has 0 spiro atoms. The summed E-state index contributed by atoms with van der Waals surface area (Å²) < 4.78 is 7.04. The molecule has 3 rings (SSSR count). The summed E-state index contributed by atoms with van der Waals surface area (Å²) >= 11 is 1.50. The average Bonchev–Trinajstić information content (AvgIpc) is 2.99. The Morgan fingerprint density at radius 3 is 2.69 bits per heavy atom. The molecule has 7 nitrogen and oxygen atoms in total. The number of aryl methyl sites for hydroxylation is 2. The van der Waals surface area contributed by atoms with Gasteiger partial charge in [0.05, 0.1) is 16.3 Å². The highest BCUT2D eigenvalue weighted by molar-refractivity contribution is 7.19. The average molecular weight is 413 g/mol. The Balaban J connectivity index is 1.55. The normalized spacial score (nSPS) is 12.0. The summed E-state index contributed by atoms with van der Waals surface area (Å²) in [4.78, 5) is 38.0. The molecule has 0 unspecified atom stereocenters. The molecule has 29 heavy (non-hydrogen) atoms. The van der Waals surface area contributed by atoms with Crippen LogP contribution in [0.4, 0.5) is 0 Å². The van der Waals surface area contributed by atoms with Crippen molar-refractivity contribution in [1.82, 2.24) is 15.1 Å². The van der Waals surface area contributed by atoms with E-state index in [9.17, 15) is 14.4 Å². The van der Waals surface area contributed by atoms with Crippen molar-refractivity contribution in [3.63, 3.8) is 0 Å². The van der Waals surface area contributed by atoms with Crippen LogP contribution < -0.4 is 10.9 Å². The molecular formula is C21H23N3O4S. The number of nitrogens with zero attached hydrogens (tertiary/aromatic N) is 2. The molecule has 8 heteroatoms. The lowest BCUT2D eigenvalue weighted by atomic mass is 10.1. The molecule has 0 aliphatic heterocycles. The third-order valence-electron chi connectivity index (χ3n) is 4.69. The zero-order chi connectivity index (χ0) is 21.0. The maximum absolute atomic E-state index is 12.6. The van der Waals surface area contributed by atoms with E-state index < -0.39 is 12.1 Å². The van der Waals surface area contributed by atoms with E-state index in [0.29, 0.717) is 18.4 Å². The van der Waals surface area contributed by atoms with Gasteiger partial charge in [0.25, 0.3) is 11.5 Å². The van der Waals surface area contributed by atoms with Crippen molar-refractivity contribution in [3.05, 3.63) is 62.9 Å². The zero-order valence-corrected chi connectivity index (χ0v) is 17.4. The summed E-state index contributed by atoms with van der Waals surface area (Å²) in [5.74, 6) is -1.07. The van der Waals surface area contributed by atoms with Gasteiger partial charge in [-0.25, -0.2) is 4.68 Å². The zero-order valence-electron chi connectivity index (χ0n) is 16.6. The quantitative estimate of drug-likeness (QED) is 0.601. The highest BCUT2D eigenvalue weighted by atomic mass is 32.1. The molecule has 1 N–H and O–H groups in total. The lowest BCUT2D eigenvalue weighted by molar-refractivity contribution is -0.155. The lowest BCUT2D eigenvalue weighted by Crippen LogP contribution is -2.38. The number of rotatable bonds is 7. The van der Waals surface area contributed by atoms with E-state index in [1.807, 2.05) is 44.2 Å². The van der Waals surface area contributed by atoms with Crippen molar-refractivity contribution < 1.29 is 14.3 Å². The summed E-state index contributed by atoms with van der Waals surface area (Å²) in [6.45, 7) is 5.42. The molecular weight excluding hydrogens is 390 g/mol. The Morgan fingerprint density at radius 2 is 1.97 bits per heavy atom. The van der Waals surface area contributed by atoms with Crippen molar-refractivity contribution in [2.24, 2.45) is 0 Å². The lowest BCUT2D eigenvalue weighted by Gasteiger charge is -2.14. The fourth-order valence-corrected chi connectivity index (χ4v) is 3.98. The SMILES string of the molecule is Cc1sc2cnn(CC(=O)O[C@@H](C)C(=O)NCCc3ccccc3)c(=O)c2c1C. The van der Waals surface area contributed by atoms with Gasteiger partial charge in [0, 0.05) is 11.4 Å². The molecule has 0 saturated carbocycles. The number of thiophene rings is 1. The fourth-order valence-electron chi connectivity index (χ4n) is 2.95. The number of esters is 1. The molecule has 1 aromatic carbocycles. The first-order valence-corrected chi connectivity index (χ1v) is 10.2. The molecule has 0 radical (unpaired) electrons. The smallest absolute Gasteiger partial charge is 0.328 e. The molecule has 1 atom stereocenters. The highest BCUT2D eigenvalue weighted by Gasteiger charge is 2.19. The number of fused-ring (bicyclic) bond motifs is 1. The van der Waals surface area contributed by atoms with Gasteiger partial charge in [-0.3, -0.25) is 14.4 Å². The molecule has 0 aliphatic rings. The van der Waals surface area contributed by atoms with Crippen LogP contribution in [0.5, 0.6) is 0 Å². The highest BCUT2D eigenvalue weighted by Crippen LogP contribution is 2.26. The van der Waals surface area contributed by atoms with Gasteiger partial charge >= 0.3 is 5.97 Å². The number of carbonyl (C=O) groups is 2. The minimum Gasteiger partial charge on any atom is -0.451 e. The Hall–Kier alpha value is -3.00. The molecule has 2 heterocycles. The van der Waals surface area contributed by atoms with Crippen molar-refractivity contribution in [1.29, 1.82) is 0 Å². The maximum Gasteiger partial charge on any atom is 0.328 e. The van der Waals surface area contributed by atoms with Crippen LogP contribution in [0.1, 0.15) is 22.9 Å². The Bertz CT molecular complexity index is 1090. The summed E-state index contributed by atoms with van der Waals surface area (Å²) in [5.41, 5.74) is 1.67. The van der Waals surface area contributed by atoms with Crippen molar-refractivity contribution in [3.8, 4) is 0 Å². The van der Waals surface area contributed by atoms with Gasteiger partial charge in [-0.15, -0.1) is 11.3 Å². The topological polar surface area (TPSA) is 90.3 Å². The van der Waals surface area contributed by atoms with Gasteiger partial charge in [-0.1, -0.05) is 30.3 Å². The first-order chi connectivity index (χ1) is 13.9. The molecule has 1 amide bonds. The summed E-state index contributed by atoms with van der Waals surface area (Å²) in [6.07, 6.45) is 1.31. The van der Waals surface area contributed by atoms with Gasteiger partial charge < -0.3 is 10.1 Å². The molecule has 2 aromatic heterocycles. The first-order valence-electron chi connectivity index (χ1n) is 9.33. The van der Waals surface area contributed by atoms with Crippen LogP contribution in [0.3, 0.4) is 0 Å². The summed E-state index contributed by atoms with van der Waals surface area (Å²) in [6, 6.07) is 9.77. The van der Waals surface area contributed by atoms with Crippen molar-refractivity contribution in [2.45, 2.75) is 39.8 Å². The minimum atomic E-state index is -0.956. The Morgan fingerprint density at radius 1 is 1.24 bits per heavy atom. The molecule has 0 bridgehead atoms. The predicted molar refractivity (Wildman–Crippen MR) is 112 cm³/mol. The second-order valence-corrected chi connectivity index (χ2v) is 8.04. The van der Waals surface area contributed by atoms with Crippen LogP contribution in [0.25, 0.3) is 10.1 Å². The summed E-state index contributed by atoms with van der Waals surface area (Å²) in [7, 11) is 0. The van der Waals surface area contributed by atoms with Crippen LogP contribution in [0.2, 0.25) is 0 Å². The largest absolute Gasteiger partial charge is 0.451 e. The molecule has 0 saturated heterocycles. The van der Waals surface area contributed by atoms with Gasteiger partial charge in [0.1, 0.15) is 6.54 Å².